The molecule has 0 unspecified atom stereocenters. The lowest BCUT2D eigenvalue weighted by molar-refractivity contribution is 0.321. The SMILES string of the molecule is Nc1ccccc1CCOc1ccc(O)cc1. The third-order valence-electron chi connectivity index (χ3n) is 2.53. The van der Waals surface area contributed by atoms with Crippen molar-refractivity contribution in [1.29, 1.82) is 0 Å². The molecule has 0 saturated heterocycles. The Labute approximate surface area is 100 Å². The summed E-state index contributed by atoms with van der Waals surface area (Å²) in [6.45, 7) is 0.568. The van der Waals surface area contributed by atoms with Crippen LogP contribution in [0.15, 0.2) is 48.5 Å². The van der Waals surface area contributed by atoms with Crippen molar-refractivity contribution in [2.45, 2.75) is 6.42 Å². The minimum atomic E-state index is 0.240. The Kier molecular flexibility index (Phi) is 3.50. The second kappa shape index (κ2) is 5.25. The van der Waals surface area contributed by atoms with Gasteiger partial charge in [0.1, 0.15) is 11.5 Å². The van der Waals surface area contributed by atoms with E-state index in [2.05, 4.69) is 0 Å². The lowest BCUT2D eigenvalue weighted by Crippen LogP contribution is -2.03. The van der Waals surface area contributed by atoms with Crippen LogP contribution in [-0.4, -0.2) is 11.7 Å². The molecule has 0 aliphatic carbocycles. The molecule has 0 spiro atoms. The molecule has 2 rings (SSSR count). The third kappa shape index (κ3) is 3.14. The highest BCUT2D eigenvalue weighted by Crippen LogP contribution is 2.17. The molecule has 3 heteroatoms. The second-order valence-electron chi connectivity index (χ2n) is 3.79. The molecule has 0 aliphatic rings. The Morgan fingerprint density at radius 2 is 1.71 bits per heavy atom. The van der Waals surface area contributed by atoms with Crippen LogP contribution in [0.4, 0.5) is 5.69 Å². The number of benzene rings is 2. The van der Waals surface area contributed by atoms with E-state index in [1.165, 1.54) is 0 Å². The van der Waals surface area contributed by atoms with Gasteiger partial charge >= 0.3 is 0 Å². The van der Waals surface area contributed by atoms with Crippen molar-refractivity contribution in [3.63, 3.8) is 0 Å². The Balaban J connectivity index is 1.88. The second-order valence-corrected chi connectivity index (χ2v) is 3.79. The van der Waals surface area contributed by atoms with Crippen molar-refractivity contribution in [3.05, 3.63) is 54.1 Å². The molecule has 0 amide bonds. The van der Waals surface area contributed by atoms with Gasteiger partial charge < -0.3 is 15.6 Å². The van der Waals surface area contributed by atoms with Crippen LogP contribution in [-0.2, 0) is 6.42 Å². The predicted octanol–water partition coefficient (Wildman–Crippen LogP) is 2.60. The highest BCUT2D eigenvalue weighted by molar-refractivity contribution is 5.46. The van der Waals surface area contributed by atoms with E-state index in [1.54, 1.807) is 24.3 Å². The van der Waals surface area contributed by atoms with Crippen LogP contribution < -0.4 is 10.5 Å². The lowest BCUT2D eigenvalue weighted by Gasteiger charge is -2.07. The van der Waals surface area contributed by atoms with E-state index in [4.69, 9.17) is 15.6 Å². The van der Waals surface area contributed by atoms with Gasteiger partial charge in [0, 0.05) is 12.1 Å². The van der Waals surface area contributed by atoms with E-state index in [-0.39, 0.29) is 5.75 Å². The Bertz CT molecular complexity index is 480. The van der Waals surface area contributed by atoms with Crippen LogP contribution in [0.3, 0.4) is 0 Å². The summed E-state index contributed by atoms with van der Waals surface area (Å²) in [5.74, 6) is 0.988. The van der Waals surface area contributed by atoms with Crippen molar-refractivity contribution in [2.24, 2.45) is 0 Å². The van der Waals surface area contributed by atoms with Crippen LogP contribution in [0.1, 0.15) is 5.56 Å². The van der Waals surface area contributed by atoms with E-state index in [1.807, 2.05) is 24.3 Å². The maximum atomic E-state index is 9.12. The van der Waals surface area contributed by atoms with Crippen LogP contribution in [0.2, 0.25) is 0 Å². The molecular formula is C14H15NO2. The van der Waals surface area contributed by atoms with Crippen molar-refractivity contribution in [2.75, 3.05) is 12.3 Å². The minimum absolute atomic E-state index is 0.240. The normalized spacial score (nSPS) is 10.1. The monoisotopic (exact) mass is 229 g/mol. The molecule has 0 heterocycles. The van der Waals surface area contributed by atoms with Crippen LogP contribution in [0.5, 0.6) is 11.5 Å². The smallest absolute Gasteiger partial charge is 0.119 e. The number of hydrogen-bond donors (Lipinski definition) is 2. The highest BCUT2D eigenvalue weighted by atomic mass is 16.5. The molecule has 88 valence electrons. The molecule has 0 radical (unpaired) electrons. The number of nitrogens with two attached hydrogens (primary N) is 1. The highest BCUT2D eigenvalue weighted by Gasteiger charge is 1.99. The van der Waals surface area contributed by atoms with E-state index in [9.17, 15) is 0 Å². The zero-order chi connectivity index (χ0) is 12.1. The molecule has 0 aromatic heterocycles. The quantitative estimate of drug-likeness (QED) is 0.792. The van der Waals surface area contributed by atoms with Gasteiger partial charge in [-0.15, -0.1) is 0 Å². The van der Waals surface area contributed by atoms with Crippen molar-refractivity contribution in [1.82, 2.24) is 0 Å². The van der Waals surface area contributed by atoms with Gasteiger partial charge in [0.25, 0.3) is 0 Å². The molecule has 0 bridgehead atoms. The summed E-state index contributed by atoms with van der Waals surface area (Å²) in [5.41, 5.74) is 7.71. The first-order valence-electron chi connectivity index (χ1n) is 5.51. The fraction of sp³-hybridized carbons (Fsp3) is 0.143. The van der Waals surface area contributed by atoms with Gasteiger partial charge in [0.05, 0.1) is 6.61 Å². The summed E-state index contributed by atoms with van der Waals surface area (Å²) >= 11 is 0. The Morgan fingerprint density at radius 3 is 2.41 bits per heavy atom. The molecule has 0 fully saturated rings. The van der Waals surface area contributed by atoms with E-state index >= 15 is 0 Å². The van der Waals surface area contributed by atoms with Crippen LogP contribution in [0, 0.1) is 0 Å². The molecule has 2 aromatic rings. The first-order valence-corrected chi connectivity index (χ1v) is 5.51. The summed E-state index contributed by atoms with van der Waals surface area (Å²) in [6.07, 6.45) is 0.771. The molecule has 0 saturated carbocycles. The molecule has 0 aliphatic heterocycles. The fourth-order valence-corrected chi connectivity index (χ4v) is 1.58. The van der Waals surface area contributed by atoms with Gasteiger partial charge in [-0.2, -0.15) is 0 Å². The van der Waals surface area contributed by atoms with Gasteiger partial charge in [-0.1, -0.05) is 18.2 Å². The van der Waals surface area contributed by atoms with E-state index < -0.39 is 0 Å². The van der Waals surface area contributed by atoms with Crippen LogP contribution >= 0.6 is 0 Å². The fourth-order valence-electron chi connectivity index (χ4n) is 1.58. The number of ether oxygens (including phenoxy) is 1. The number of nitrogen functional groups attached to an aromatic ring is 1. The third-order valence-corrected chi connectivity index (χ3v) is 2.53. The number of phenols is 1. The zero-order valence-corrected chi connectivity index (χ0v) is 9.47. The summed E-state index contributed by atoms with van der Waals surface area (Å²) in [7, 11) is 0. The molecular weight excluding hydrogens is 214 g/mol. The van der Waals surface area contributed by atoms with Gasteiger partial charge in [-0.3, -0.25) is 0 Å². The van der Waals surface area contributed by atoms with E-state index in [0.717, 1.165) is 23.4 Å². The summed E-state index contributed by atoms with van der Waals surface area (Å²) in [4.78, 5) is 0. The van der Waals surface area contributed by atoms with Gasteiger partial charge in [0.15, 0.2) is 0 Å². The van der Waals surface area contributed by atoms with Crippen molar-refractivity contribution in [3.8, 4) is 11.5 Å². The van der Waals surface area contributed by atoms with Crippen molar-refractivity contribution < 1.29 is 9.84 Å². The number of rotatable bonds is 4. The Morgan fingerprint density at radius 1 is 1.00 bits per heavy atom. The van der Waals surface area contributed by atoms with Gasteiger partial charge in [-0.05, 0) is 35.9 Å². The topological polar surface area (TPSA) is 55.5 Å². The number of aromatic hydroxyl groups is 1. The standard InChI is InChI=1S/C14H15NO2/c15-14-4-2-1-3-11(14)9-10-17-13-7-5-12(16)6-8-13/h1-8,16H,9-10,15H2. The van der Waals surface area contributed by atoms with Crippen molar-refractivity contribution >= 4 is 5.69 Å². The first kappa shape index (κ1) is 11.3. The number of anilines is 1. The summed E-state index contributed by atoms with van der Waals surface area (Å²) in [6, 6.07) is 14.4. The maximum absolute atomic E-state index is 9.12. The maximum Gasteiger partial charge on any atom is 0.119 e. The van der Waals surface area contributed by atoms with Gasteiger partial charge in [-0.25, -0.2) is 0 Å². The summed E-state index contributed by atoms with van der Waals surface area (Å²) in [5, 5.41) is 9.12. The lowest BCUT2D eigenvalue weighted by atomic mass is 10.1. The molecule has 0 atom stereocenters. The zero-order valence-electron chi connectivity index (χ0n) is 9.47. The first-order chi connectivity index (χ1) is 8.25. The van der Waals surface area contributed by atoms with E-state index in [0.29, 0.717) is 6.61 Å². The Hall–Kier alpha value is -2.16. The number of hydrogen-bond acceptors (Lipinski definition) is 3. The minimum Gasteiger partial charge on any atom is -0.508 e. The average molecular weight is 229 g/mol. The van der Waals surface area contributed by atoms with Gasteiger partial charge in [0.2, 0.25) is 0 Å². The largest absolute Gasteiger partial charge is 0.508 e. The summed E-state index contributed by atoms with van der Waals surface area (Å²) < 4.78 is 5.55. The molecule has 3 nitrogen and oxygen atoms in total. The molecule has 2 aromatic carbocycles. The number of phenolic OH excluding ortho intramolecular Hbond substituents is 1. The molecule has 3 N–H and O–H groups in total. The average Bonchev–Trinajstić information content (AvgIpc) is 2.34. The van der Waals surface area contributed by atoms with Crippen LogP contribution in [0.25, 0.3) is 0 Å². The predicted molar refractivity (Wildman–Crippen MR) is 68.2 cm³/mol. The number of para-hydroxylation sites is 1. The molecule has 17 heavy (non-hydrogen) atoms.